The molecule has 0 fully saturated rings. The largest absolute Gasteiger partial charge is 0.472 e. The molecule has 0 aliphatic heterocycles. The highest BCUT2D eigenvalue weighted by Crippen LogP contribution is 2.43. The molecule has 66 heavy (non-hydrogen) atoms. The van der Waals surface area contributed by atoms with Crippen LogP contribution in [0.4, 0.5) is 0 Å². The number of nitrogens with zero attached hydrogens (tertiary/aromatic N) is 1. The molecule has 11 nitrogen and oxygen atoms in total. The summed E-state index contributed by atoms with van der Waals surface area (Å²) in [5.41, 5.74) is 0. The highest BCUT2D eigenvalue weighted by molar-refractivity contribution is 7.47. The van der Waals surface area contributed by atoms with Crippen molar-refractivity contribution in [2.24, 2.45) is 0 Å². The summed E-state index contributed by atoms with van der Waals surface area (Å²) in [6.45, 7) is 4.03. The first-order chi connectivity index (χ1) is 31.8. The van der Waals surface area contributed by atoms with Gasteiger partial charge in [-0.25, -0.2) is 4.57 Å². The number of aliphatic hydroxyl groups excluding tert-OH is 2. The third kappa shape index (κ3) is 47.6. The number of quaternary nitrogens is 1. The highest BCUT2D eigenvalue weighted by Gasteiger charge is 2.27. The van der Waals surface area contributed by atoms with Crippen molar-refractivity contribution in [2.75, 3.05) is 47.5 Å². The predicted octanol–water partition coefficient (Wildman–Crippen LogP) is 13.1. The summed E-state index contributed by atoms with van der Waals surface area (Å²) in [5, 5.41) is 20.0. The molecular weight excluding hydrogens is 854 g/mol. The van der Waals surface area contributed by atoms with Gasteiger partial charge in [0.15, 0.2) is 6.10 Å². The van der Waals surface area contributed by atoms with Crippen molar-refractivity contribution in [1.29, 1.82) is 0 Å². The number of likely N-dealkylation sites (N-methyl/N-ethyl adjacent to an activating group) is 1. The lowest BCUT2D eigenvalue weighted by molar-refractivity contribution is -0.870. The molecule has 0 rings (SSSR count). The Hall–Kier alpha value is -2.89. The molecule has 0 spiro atoms. The first-order valence-corrected chi connectivity index (χ1v) is 27.0. The van der Waals surface area contributed by atoms with Crippen LogP contribution in [0.2, 0.25) is 0 Å². The van der Waals surface area contributed by atoms with E-state index in [4.69, 9.17) is 18.5 Å². The number of hydrogen-bond acceptors (Lipinski definition) is 9. The van der Waals surface area contributed by atoms with E-state index in [1.54, 1.807) is 36.5 Å². The van der Waals surface area contributed by atoms with Gasteiger partial charge in [0.05, 0.1) is 40.0 Å². The monoisotopic (exact) mass is 949 g/mol. The Bertz CT molecular complexity index is 1430. The molecule has 0 radical (unpaired) electrons. The third-order valence-corrected chi connectivity index (χ3v) is 11.6. The number of aliphatic hydroxyl groups is 2. The smallest absolute Gasteiger partial charge is 0.462 e. The number of esters is 2. The summed E-state index contributed by atoms with van der Waals surface area (Å²) >= 11 is 0. The number of rotatable bonds is 45. The molecule has 0 aromatic heterocycles. The second-order valence-electron chi connectivity index (χ2n) is 18.2. The van der Waals surface area contributed by atoms with E-state index in [-0.39, 0.29) is 26.1 Å². The maximum absolute atomic E-state index is 12.8. The summed E-state index contributed by atoms with van der Waals surface area (Å²) in [6.07, 6.45) is 51.4. The second kappa shape index (κ2) is 44.6. The first kappa shape index (κ1) is 63.1. The van der Waals surface area contributed by atoms with E-state index in [1.807, 2.05) is 57.6 Å². The molecule has 0 amide bonds. The number of carbonyl (C=O) groups excluding carboxylic acids is 2. The van der Waals surface area contributed by atoms with E-state index in [9.17, 15) is 29.3 Å². The molecule has 12 heteroatoms. The molecular formula is C54H95NO10P+. The maximum atomic E-state index is 12.8. The van der Waals surface area contributed by atoms with Gasteiger partial charge < -0.3 is 29.1 Å². The Balaban J connectivity index is 4.47. The zero-order chi connectivity index (χ0) is 48.8. The van der Waals surface area contributed by atoms with E-state index >= 15 is 0 Å². The summed E-state index contributed by atoms with van der Waals surface area (Å²) in [4.78, 5) is 35.5. The lowest BCUT2D eigenvalue weighted by Crippen LogP contribution is -2.37. The molecule has 0 aliphatic rings. The van der Waals surface area contributed by atoms with Crippen LogP contribution < -0.4 is 0 Å². The molecule has 380 valence electrons. The van der Waals surface area contributed by atoms with Crippen molar-refractivity contribution in [3.8, 4) is 0 Å². The molecule has 0 aliphatic carbocycles. The lowest BCUT2D eigenvalue weighted by Gasteiger charge is -2.24. The Kier molecular flexibility index (Phi) is 42.7. The fourth-order valence-corrected chi connectivity index (χ4v) is 7.30. The van der Waals surface area contributed by atoms with Crippen molar-refractivity contribution in [3.63, 3.8) is 0 Å². The van der Waals surface area contributed by atoms with Crippen LogP contribution in [0.1, 0.15) is 181 Å². The minimum atomic E-state index is -4.43. The van der Waals surface area contributed by atoms with Crippen LogP contribution in [-0.2, 0) is 32.7 Å². The predicted molar refractivity (Wildman–Crippen MR) is 273 cm³/mol. The van der Waals surface area contributed by atoms with E-state index in [0.717, 1.165) is 25.7 Å². The van der Waals surface area contributed by atoms with E-state index < -0.39 is 44.7 Å². The Morgan fingerprint density at radius 2 is 1.06 bits per heavy atom. The van der Waals surface area contributed by atoms with Crippen LogP contribution in [0.5, 0.6) is 0 Å². The van der Waals surface area contributed by atoms with E-state index in [1.165, 1.54) is 96.3 Å². The zero-order valence-electron chi connectivity index (χ0n) is 42.1. The van der Waals surface area contributed by atoms with Crippen LogP contribution in [0.15, 0.2) is 85.1 Å². The maximum Gasteiger partial charge on any atom is 0.472 e. The van der Waals surface area contributed by atoms with Gasteiger partial charge in [0, 0.05) is 12.8 Å². The van der Waals surface area contributed by atoms with Gasteiger partial charge >= 0.3 is 19.8 Å². The number of ether oxygens (including phenoxy) is 2. The molecule has 0 saturated heterocycles. The van der Waals surface area contributed by atoms with Gasteiger partial charge in [-0.2, -0.15) is 0 Å². The minimum Gasteiger partial charge on any atom is -0.462 e. The van der Waals surface area contributed by atoms with Crippen LogP contribution in [0.25, 0.3) is 0 Å². The van der Waals surface area contributed by atoms with Gasteiger partial charge in [-0.05, 0) is 64.2 Å². The van der Waals surface area contributed by atoms with Crippen molar-refractivity contribution in [1.82, 2.24) is 0 Å². The van der Waals surface area contributed by atoms with Crippen molar-refractivity contribution in [3.05, 3.63) is 85.1 Å². The Morgan fingerprint density at radius 3 is 1.61 bits per heavy atom. The van der Waals surface area contributed by atoms with Crippen LogP contribution in [-0.4, -0.2) is 97.3 Å². The summed E-state index contributed by atoms with van der Waals surface area (Å²) < 4.78 is 34.3. The molecule has 0 bridgehead atoms. The molecule has 0 aromatic carbocycles. The number of allylic oxidation sites excluding steroid dienone is 10. The number of phosphoric acid groups is 1. The molecule has 0 aromatic rings. The summed E-state index contributed by atoms with van der Waals surface area (Å²) in [5.74, 6) is -0.969. The number of carbonyl (C=O) groups is 2. The number of hydrogen-bond donors (Lipinski definition) is 3. The van der Waals surface area contributed by atoms with Crippen molar-refractivity contribution >= 4 is 19.8 Å². The molecule has 3 N–H and O–H groups in total. The number of unbranched alkanes of at least 4 members (excludes halogenated alkanes) is 17. The normalized spacial score (nSPS) is 15.1. The fraction of sp³-hybridized carbons (Fsp3) is 0.704. The summed E-state index contributed by atoms with van der Waals surface area (Å²) in [6, 6.07) is 0. The SMILES string of the molecule is CC/C=C\C[C@@H](O)/C=C/C=C\C=C\[C@@H](O)C/C=C\C/C=C\CCC(=O)OC[C@H](COP(=O)(O)OCC[N+](C)(C)C)OC(=O)CCCCCCCCCCCCC/C=C\CCCCCCCC. The standard InChI is InChI=1S/C54H94NO10P/c1-6-8-10-11-12-13-14-15-16-17-18-19-20-21-22-23-24-25-26-31-39-45-54(59)65-52(49-64-66(60,61)63-47-46-55(3,4)5)48-62-53(58)44-38-30-28-27-29-35-41-51(57)43-37-33-32-36-42-50(56)40-34-9-7-2/h9,15-16,28-30,32-37,42-43,50-52,56-57H,6-8,10-14,17-27,31,38-41,44-49H2,1-5H3/p+1/b16-15-,30-28-,33-32-,34-9-,35-29-,42-36+,43-37+/t50-,51+,52-/m1/s1. The minimum absolute atomic E-state index is 0.00153. The quantitative estimate of drug-likeness (QED) is 0.0134. The molecule has 0 heterocycles. The van der Waals surface area contributed by atoms with Crippen molar-refractivity contribution in [2.45, 2.75) is 199 Å². The topological polar surface area (TPSA) is 149 Å². The molecule has 1 unspecified atom stereocenters. The molecule has 4 atom stereocenters. The first-order valence-electron chi connectivity index (χ1n) is 25.5. The van der Waals surface area contributed by atoms with E-state index in [2.05, 4.69) is 26.0 Å². The average Bonchev–Trinajstić information content (AvgIpc) is 3.26. The van der Waals surface area contributed by atoms with Crippen molar-refractivity contribution < 1.29 is 52.3 Å². The van der Waals surface area contributed by atoms with Crippen LogP contribution in [0, 0.1) is 0 Å². The average molecular weight is 949 g/mol. The Morgan fingerprint density at radius 1 is 0.561 bits per heavy atom. The zero-order valence-corrected chi connectivity index (χ0v) is 43.0. The fourth-order valence-electron chi connectivity index (χ4n) is 6.56. The lowest BCUT2D eigenvalue weighted by atomic mass is 10.0. The van der Waals surface area contributed by atoms with Gasteiger partial charge in [0.1, 0.15) is 19.8 Å². The highest BCUT2D eigenvalue weighted by atomic mass is 31.2. The number of phosphoric ester groups is 1. The van der Waals surface area contributed by atoms with Gasteiger partial charge in [0.25, 0.3) is 0 Å². The van der Waals surface area contributed by atoms with Gasteiger partial charge in [-0.1, -0.05) is 189 Å². The third-order valence-electron chi connectivity index (χ3n) is 10.6. The van der Waals surface area contributed by atoms with Gasteiger partial charge in [0.2, 0.25) is 0 Å². The van der Waals surface area contributed by atoms with Gasteiger partial charge in [-0.15, -0.1) is 0 Å². The second-order valence-corrected chi connectivity index (χ2v) is 19.7. The van der Waals surface area contributed by atoms with Crippen LogP contribution in [0.3, 0.4) is 0 Å². The Labute approximate surface area is 402 Å². The van der Waals surface area contributed by atoms with Gasteiger partial charge in [-0.3, -0.25) is 18.6 Å². The molecule has 0 saturated carbocycles. The van der Waals surface area contributed by atoms with E-state index in [0.29, 0.717) is 43.1 Å². The summed E-state index contributed by atoms with van der Waals surface area (Å²) in [7, 11) is 1.37. The van der Waals surface area contributed by atoms with Crippen LogP contribution >= 0.6 is 7.82 Å².